The highest BCUT2D eigenvalue weighted by molar-refractivity contribution is 9.10. The van der Waals surface area contributed by atoms with Crippen LogP contribution in [0.15, 0.2) is 27.8 Å². The van der Waals surface area contributed by atoms with Crippen LogP contribution in [0.2, 0.25) is 0 Å². The molecule has 6 heteroatoms. The van der Waals surface area contributed by atoms with Gasteiger partial charge in [0.2, 0.25) is 5.91 Å². The van der Waals surface area contributed by atoms with Gasteiger partial charge in [-0.1, -0.05) is 0 Å². The van der Waals surface area contributed by atoms with Crippen molar-refractivity contribution in [3.63, 3.8) is 0 Å². The number of amides is 1. The van der Waals surface area contributed by atoms with Gasteiger partial charge in [-0.05, 0) is 66.4 Å². The number of primary amides is 1. The van der Waals surface area contributed by atoms with Crippen LogP contribution in [-0.2, 0) is 4.79 Å². The minimum atomic E-state index is -0.580. The molecular formula is C14H20BrN3OS. The summed E-state index contributed by atoms with van der Waals surface area (Å²) >= 11 is 5.18. The molecular weight excluding hydrogens is 338 g/mol. The molecule has 1 heterocycles. The van der Waals surface area contributed by atoms with Crippen molar-refractivity contribution < 1.29 is 4.79 Å². The fraction of sp³-hybridized carbons (Fsp3) is 0.571. The van der Waals surface area contributed by atoms with Crippen LogP contribution >= 0.6 is 27.7 Å². The molecule has 20 heavy (non-hydrogen) atoms. The Kier molecular flexibility index (Phi) is 5.46. The van der Waals surface area contributed by atoms with Gasteiger partial charge in [0.05, 0.1) is 5.54 Å². The van der Waals surface area contributed by atoms with Gasteiger partial charge in [0.15, 0.2) is 0 Å². The van der Waals surface area contributed by atoms with E-state index in [1.54, 1.807) is 18.0 Å². The monoisotopic (exact) mass is 357 g/mol. The smallest absolute Gasteiger partial charge is 0.237 e. The molecule has 0 spiro atoms. The highest BCUT2D eigenvalue weighted by Crippen LogP contribution is 2.28. The maximum atomic E-state index is 11.6. The number of halogens is 1. The summed E-state index contributed by atoms with van der Waals surface area (Å²) in [6, 6.07) is 4.36. The maximum Gasteiger partial charge on any atom is 0.237 e. The van der Waals surface area contributed by atoms with Crippen molar-refractivity contribution in [1.29, 1.82) is 0 Å². The summed E-state index contributed by atoms with van der Waals surface area (Å²) in [6.45, 7) is 1.91. The normalized spacial score (nSPS) is 17.7. The fourth-order valence-electron chi connectivity index (χ4n) is 2.02. The van der Waals surface area contributed by atoms with Crippen LogP contribution in [0.4, 0.5) is 0 Å². The van der Waals surface area contributed by atoms with E-state index in [1.807, 2.05) is 19.1 Å². The number of aromatic nitrogens is 1. The summed E-state index contributed by atoms with van der Waals surface area (Å²) in [5.74, 6) is 0.665. The number of carbonyl (C=O) groups is 1. The highest BCUT2D eigenvalue weighted by Gasteiger charge is 2.36. The molecule has 0 aliphatic heterocycles. The predicted octanol–water partition coefficient (Wildman–Crippen LogP) is 2.71. The van der Waals surface area contributed by atoms with Crippen LogP contribution in [0.1, 0.15) is 32.6 Å². The van der Waals surface area contributed by atoms with Crippen LogP contribution in [0.25, 0.3) is 0 Å². The van der Waals surface area contributed by atoms with Crippen molar-refractivity contribution in [1.82, 2.24) is 10.3 Å². The Morgan fingerprint density at radius 1 is 1.65 bits per heavy atom. The molecule has 3 N–H and O–H groups in total. The highest BCUT2D eigenvalue weighted by atomic mass is 79.9. The van der Waals surface area contributed by atoms with Gasteiger partial charge in [-0.15, -0.1) is 11.8 Å². The second-order valence-electron chi connectivity index (χ2n) is 5.36. The number of thioether (sulfide) groups is 1. The van der Waals surface area contributed by atoms with E-state index in [1.165, 1.54) is 0 Å². The second kappa shape index (κ2) is 6.91. The number of nitrogens with one attached hydrogen (secondary N) is 1. The summed E-state index contributed by atoms with van der Waals surface area (Å²) in [5.41, 5.74) is 4.96. The number of pyridine rings is 1. The van der Waals surface area contributed by atoms with Crippen LogP contribution in [0, 0.1) is 0 Å². The van der Waals surface area contributed by atoms with E-state index in [-0.39, 0.29) is 5.91 Å². The zero-order chi connectivity index (χ0) is 14.6. The molecule has 0 bridgehead atoms. The van der Waals surface area contributed by atoms with Crippen LogP contribution in [0.3, 0.4) is 0 Å². The molecule has 4 nitrogen and oxygen atoms in total. The standard InChI is InChI=1S/C14H20BrN3OS/c1-14(13(16)19,18-10-5-6-10)7-3-9-20-12-11(15)4-2-8-17-12/h2,4,8,10,18H,3,5-7,9H2,1H3,(H2,16,19). The number of hydrogen-bond acceptors (Lipinski definition) is 4. The Morgan fingerprint density at radius 3 is 3.00 bits per heavy atom. The van der Waals surface area contributed by atoms with Gasteiger partial charge in [0.1, 0.15) is 5.03 Å². The molecule has 1 aromatic rings. The topological polar surface area (TPSA) is 68.0 Å². The van der Waals surface area contributed by atoms with Crippen molar-refractivity contribution in [2.75, 3.05) is 5.75 Å². The van der Waals surface area contributed by atoms with Crippen LogP contribution in [0.5, 0.6) is 0 Å². The molecule has 0 aromatic carbocycles. The van der Waals surface area contributed by atoms with Crippen molar-refractivity contribution in [3.05, 3.63) is 22.8 Å². The van der Waals surface area contributed by atoms with Crippen molar-refractivity contribution in [2.45, 2.75) is 49.2 Å². The van der Waals surface area contributed by atoms with Crippen LogP contribution in [-0.4, -0.2) is 28.2 Å². The summed E-state index contributed by atoms with van der Waals surface area (Å²) in [6.07, 6.45) is 5.77. The number of nitrogens with two attached hydrogens (primary N) is 1. The largest absolute Gasteiger partial charge is 0.368 e. The van der Waals surface area contributed by atoms with Gasteiger partial charge in [-0.25, -0.2) is 4.98 Å². The number of hydrogen-bond donors (Lipinski definition) is 2. The number of nitrogens with zero attached hydrogens (tertiary/aromatic N) is 1. The van der Waals surface area contributed by atoms with E-state index in [0.29, 0.717) is 6.04 Å². The molecule has 1 aliphatic rings. The Labute approximate surface area is 132 Å². The molecule has 1 unspecified atom stereocenters. The van der Waals surface area contributed by atoms with Gasteiger partial charge in [0, 0.05) is 16.7 Å². The lowest BCUT2D eigenvalue weighted by molar-refractivity contribution is -0.124. The first-order valence-electron chi connectivity index (χ1n) is 6.82. The minimum Gasteiger partial charge on any atom is -0.368 e. The zero-order valence-corrected chi connectivity index (χ0v) is 14.0. The lowest BCUT2D eigenvalue weighted by Gasteiger charge is -2.27. The molecule has 1 atom stereocenters. The number of carbonyl (C=O) groups excluding carboxylic acids is 1. The minimum absolute atomic E-state index is 0.256. The predicted molar refractivity (Wildman–Crippen MR) is 85.7 cm³/mol. The Bertz CT molecular complexity index is 481. The van der Waals surface area contributed by atoms with Gasteiger partial charge in [-0.2, -0.15) is 0 Å². The summed E-state index contributed by atoms with van der Waals surface area (Å²) in [5, 5.41) is 4.36. The Morgan fingerprint density at radius 2 is 2.40 bits per heavy atom. The molecule has 1 amide bonds. The van der Waals surface area contributed by atoms with E-state index in [9.17, 15) is 4.79 Å². The number of rotatable bonds is 8. The lowest BCUT2D eigenvalue weighted by Crippen LogP contribution is -2.54. The third kappa shape index (κ3) is 4.46. The van der Waals surface area contributed by atoms with E-state index in [2.05, 4.69) is 26.2 Å². The molecule has 1 aliphatic carbocycles. The van der Waals surface area contributed by atoms with Crippen molar-refractivity contribution >= 4 is 33.6 Å². The molecule has 110 valence electrons. The zero-order valence-electron chi connectivity index (χ0n) is 11.6. The van der Waals surface area contributed by atoms with Crippen molar-refractivity contribution in [3.8, 4) is 0 Å². The molecule has 2 rings (SSSR count). The van der Waals surface area contributed by atoms with Crippen LogP contribution < -0.4 is 11.1 Å². The van der Waals surface area contributed by atoms with E-state index in [0.717, 1.165) is 40.9 Å². The SMILES string of the molecule is CC(CCCSc1ncccc1Br)(NC1CC1)C(N)=O. The van der Waals surface area contributed by atoms with Gasteiger partial charge < -0.3 is 11.1 Å². The maximum absolute atomic E-state index is 11.6. The summed E-state index contributed by atoms with van der Waals surface area (Å²) < 4.78 is 1.01. The summed E-state index contributed by atoms with van der Waals surface area (Å²) in [7, 11) is 0. The molecule has 1 aromatic heterocycles. The first-order chi connectivity index (χ1) is 9.51. The Balaban J connectivity index is 1.78. The van der Waals surface area contributed by atoms with E-state index >= 15 is 0 Å². The molecule has 0 radical (unpaired) electrons. The van der Waals surface area contributed by atoms with Gasteiger partial charge in [0.25, 0.3) is 0 Å². The average Bonchev–Trinajstić information content (AvgIpc) is 3.20. The first-order valence-corrected chi connectivity index (χ1v) is 8.60. The van der Waals surface area contributed by atoms with E-state index < -0.39 is 5.54 Å². The fourth-order valence-corrected chi connectivity index (χ4v) is 3.44. The van der Waals surface area contributed by atoms with Gasteiger partial charge in [-0.3, -0.25) is 4.79 Å². The Hall–Kier alpha value is -0.590. The lowest BCUT2D eigenvalue weighted by atomic mass is 9.95. The quantitative estimate of drug-likeness (QED) is 0.554. The third-order valence-corrected chi connectivity index (χ3v) is 5.42. The first kappa shape index (κ1) is 15.8. The summed E-state index contributed by atoms with van der Waals surface area (Å²) in [4.78, 5) is 16.0. The molecule has 0 saturated heterocycles. The van der Waals surface area contributed by atoms with Crippen molar-refractivity contribution in [2.24, 2.45) is 5.73 Å². The third-order valence-electron chi connectivity index (χ3n) is 3.43. The van der Waals surface area contributed by atoms with Gasteiger partial charge >= 0.3 is 0 Å². The molecule has 1 fully saturated rings. The second-order valence-corrected chi connectivity index (χ2v) is 7.30. The molecule has 1 saturated carbocycles. The average molecular weight is 358 g/mol. The van der Waals surface area contributed by atoms with E-state index in [4.69, 9.17) is 5.73 Å².